The Morgan fingerprint density at radius 1 is 1.12 bits per heavy atom. The fourth-order valence-electron chi connectivity index (χ4n) is 2.61. The first-order valence-corrected chi connectivity index (χ1v) is 6.28. The largest absolute Gasteiger partial charge is 0.342 e. The lowest BCUT2D eigenvalue weighted by Crippen LogP contribution is -2.46. The molecule has 4 nitrogen and oxygen atoms in total. The van der Waals surface area contributed by atoms with Gasteiger partial charge in [0.25, 0.3) is 0 Å². The van der Waals surface area contributed by atoms with Crippen molar-refractivity contribution in [2.45, 2.75) is 38.1 Å². The number of likely N-dealkylation sites (tertiary alicyclic amines) is 2. The van der Waals surface area contributed by atoms with Gasteiger partial charge in [-0.3, -0.25) is 9.69 Å². The maximum atomic E-state index is 11.9. The van der Waals surface area contributed by atoms with Crippen molar-refractivity contribution >= 4 is 12.2 Å². The maximum absolute atomic E-state index is 11.9. The van der Waals surface area contributed by atoms with Crippen molar-refractivity contribution in [3.63, 3.8) is 0 Å². The zero-order valence-corrected chi connectivity index (χ0v) is 9.73. The van der Waals surface area contributed by atoms with E-state index in [1.165, 1.54) is 0 Å². The van der Waals surface area contributed by atoms with Crippen molar-refractivity contribution in [3.8, 4) is 0 Å². The smallest absolute Gasteiger partial charge is 0.236 e. The van der Waals surface area contributed by atoms with E-state index in [1.54, 1.807) is 0 Å². The number of piperidine rings is 1. The molecule has 2 aliphatic heterocycles. The molecule has 0 spiro atoms. The molecule has 0 bridgehead atoms. The van der Waals surface area contributed by atoms with E-state index in [0.29, 0.717) is 6.54 Å². The molecule has 2 fully saturated rings. The van der Waals surface area contributed by atoms with Crippen molar-refractivity contribution in [1.29, 1.82) is 0 Å². The van der Waals surface area contributed by atoms with Crippen molar-refractivity contribution in [1.82, 2.24) is 9.80 Å². The van der Waals surface area contributed by atoms with Gasteiger partial charge in [0.05, 0.1) is 12.6 Å². The van der Waals surface area contributed by atoms with Gasteiger partial charge in [-0.1, -0.05) is 6.42 Å². The molecule has 0 aromatic carbocycles. The van der Waals surface area contributed by atoms with Crippen LogP contribution in [0.25, 0.3) is 0 Å². The minimum atomic E-state index is -0.0275. The normalized spacial score (nSPS) is 27.0. The highest BCUT2D eigenvalue weighted by atomic mass is 16.2. The number of hydrogen-bond acceptors (Lipinski definition) is 3. The molecular weight excluding hydrogens is 204 g/mol. The first kappa shape index (κ1) is 11.6. The summed E-state index contributed by atoms with van der Waals surface area (Å²) in [4.78, 5) is 26.8. The molecule has 1 amide bonds. The van der Waals surface area contributed by atoms with Crippen LogP contribution >= 0.6 is 0 Å². The van der Waals surface area contributed by atoms with Crippen LogP contribution < -0.4 is 0 Å². The van der Waals surface area contributed by atoms with Gasteiger partial charge in [0.2, 0.25) is 5.91 Å². The zero-order chi connectivity index (χ0) is 11.4. The van der Waals surface area contributed by atoms with Crippen LogP contribution in [0.15, 0.2) is 0 Å². The summed E-state index contributed by atoms with van der Waals surface area (Å²) in [5.41, 5.74) is 0. The maximum Gasteiger partial charge on any atom is 0.236 e. The summed E-state index contributed by atoms with van der Waals surface area (Å²) in [5.74, 6) is 0.200. The average Bonchev–Trinajstić information content (AvgIpc) is 2.83. The third-order valence-electron chi connectivity index (χ3n) is 3.62. The number of carbonyl (C=O) groups excluding carboxylic acids is 2. The summed E-state index contributed by atoms with van der Waals surface area (Å²) in [6.07, 6.45) is 6.38. The highest BCUT2D eigenvalue weighted by Gasteiger charge is 2.26. The number of nitrogens with zero attached hydrogens (tertiary/aromatic N) is 2. The van der Waals surface area contributed by atoms with Gasteiger partial charge >= 0.3 is 0 Å². The lowest BCUT2D eigenvalue weighted by molar-refractivity contribution is -0.132. The van der Waals surface area contributed by atoms with E-state index >= 15 is 0 Å². The molecule has 2 aliphatic rings. The number of amides is 1. The van der Waals surface area contributed by atoms with Gasteiger partial charge in [0, 0.05) is 13.1 Å². The Bertz CT molecular complexity index is 262. The summed E-state index contributed by atoms with van der Waals surface area (Å²) in [6.45, 7) is 3.13. The van der Waals surface area contributed by atoms with Crippen LogP contribution in [0.3, 0.4) is 0 Å². The van der Waals surface area contributed by atoms with E-state index in [0.717, 1.165) is 58.0 Å². The topological polar surface area (TPSA) is 40.6 Å². The number of hydrogen-bond donors (Lipinski definition) is 0. The van der Waals surface area contributed by atoms with E-state index < -0.39 is 0 Å². The average molecular weight is 224 g/mol. The predicted molar refractivity (Wildman–Crippen MR) is 61.1 cm³/mol. The van der Waals surface area contributed by atoms with E-state index in [1.807, 2.05) is 9.80 Å². The molecule has 4 heteroatoms. The van der Waals surface area contributed by atoms with E-state index in [2.05, 4.69) is 0 Å². The molecule has 0 radical (unpaired) electrons. The Hall–Kier alpha value is -0.900. The summed E-state index contributed by atoms with van der Waals surface area (Å²) in [6, 6.07) is -0.0275. The van der Waals surface area contributed by atoms with Gasteiger partial charge in [0.15, 0.2) is 0 Å². The third kappa shape index (κ3) is 2.61. The second kappa shape index (κ2) is 5.43. The lowest BCUT2D eigenvalue weighted by Gasteiger charge is -2.32. The lowest BCUT2D eigenvalue weighted by atomic mass is 10.0. The van der Waals surface area contributed by atoms with Crippen LogP contribution in [0.5, 0.6) is 0 Å². The van der Waals surface area contributed by atoms with Crippen LogP contribution in [-0.4, -0.2) is 54.2 Å². The standard InChI is InChI=1S/C12H20N2O2/c15-10-11-5-1-2-8-14(11)9-12(16)13-6-3-4-7-13/h10-11H,1-9H2. The molecule has 16 heavy (non-hydrogen) atoms. The third-order valence-corrected chi connectivity index (χ3v) is 3.62. The van der Waals surface area contributed by atoms with Crippen molar-refractivity contribution in [3.05, 3.63) is 0 Å². The van der Waals surface area contributed by atoms with E-state index in [-0.39, 0.29) is 11.9 Å². The predicted octanol–water partition coefficient (Wildman–Crippen LogP) is 0.662. The van der Waals surface area contributed by atoms with E-state index in [4.69, 9.17) is 0 Å². The van der Waals surface area contributed by atoms with Crippen molar-refractivity contribution < 1.29 is 9.59 Å². The highest BCUT2D eigenvalue weighted by Crippen LogP contribution is 2.16. The van der Waals surface area contributed by atoms with Gasteiger partial charge in [-0.2, -0.15) is 0 Å². The molecule has 0 aromatic rings. The van der Waals surface area contributed by atoms with Crippen LogP contribution in [0, 0.1) is 0 Å². The summed E-state index contributed by atoms with van der Waals surface area (Å²) >= 11 is 0. The fourth-order valence-corrected chi connectivity index (χ4v) is 2.61. The molecule has 2 heterocycles. The molecule has 90 valence electrons. The molecule has 2 saturated heterocycles. The summed E-state index contributed by atoms with van der Waals surface area (Å²) in [7, 11) is 0. The molecule has 1 unspecified atom stereocenters. The second-order valence-corrected chi connectivity index (χ2v) is 4.76. The highest BCUT2D eigenvalue weighted by molar-refractivity contribution is 5.79. The SMILES string of the molecule is O=CC1CCCCN1CC(=O)N1CCCC1. The molecule has 0 aromatic heterocycles. The Labute approximate surface area is 96.6 Å². The molecule has 0 saturated carbocycles. The van der Waals surface area contributed by atoms with Gasteiger partial charge in [-0.25, -0.2) is 0 Å². The molecule has 2 rings (SSSR count). The minimum Gasteiger partial charge on any atom is -0.342 e. The Kier molecular flexibility index (Phi) is 3.93. The van der Waals surface area contributed by atoms with Gasteiger partial charge in [-0.15, -0.1) is 0 Å². The molecular formula is C12H20N2O2. The first-order chi connectivity index (χ1) is 7.81. The van der Waals surface area contributed by atoms with Gasteiger partial charge in [0.1, 0.15) is 6.29 Å². The Morgan fingerprint density at radius 3 is 2.50 bits per heavy atom. The first-order valence-electron chi connectivity index (χ1n) is 6.28. The minimum absolute atomic E-state index is 0.0275. The Balaban J connectivity index is 1.86. The second-order valence-electron chi connectivity index (χ2n) is 4.76. The van der Waals surface area contributed by atoms with Crippen molar-refractivity contribution in [2.75, 3.05) is 26.2 Å². The monoisotopic (exact) mass is 224 g/mol. The molecule has 0 N–H and O–H groups in total. The molecule has 1 atom stereocenters. The quantitative estimate of drug-likeness (QED) is 0.661. The van der Waals surface area contributed by atoms with Crippen molar-refractivity contribution in [2.24, 2.45) is 0 Å². The fraction of sp³-hybridized carbons (Fsp3) is 0.833. The van der Waals surface area contributed by atoms with Crippen LogP contribution in [0.2, 0.25) is 0 Å². The zero-order valence-electron chi connectivity index (χ0n) is 9.73. The summed E-state index contributed by atoms with van der Waals surface area (Å²) in [5, 5.41) is 0. The van der Waals surface area contributed by atoms with Gasteiger partial charge in [-0.05, 0) is 32.2 Å². The van der Waals surface area contributed by atoms with Gasteiger partial charge < -0.3 is 9.69 Å². The van der Waals surface area contributed by atoms with Crippen LogP contribution in [0.1, 0.15) is 32.1 Å². The summed E-state index contributed by atoms with van der Waals surface area (Å²) < 4.78 is 0. The van der Waals surface area contributed by atoms with Crippen LogP contribution in [-0.2, 0) is 9.59 Å². The molecule has 0 aliphatic carbocycles. The number of carbonyl (C=O) groups is 2. The van der Waals surface area contributed by atoms with Crippen LogP contribution in [0.4, 0.5) is 0 Å². The number of aldehydes is 1. The number of rotatable bonds is 3. The Morgan fingerprint density at radius 2 is 1.81 bits per heavy atom. The van der Waals surface area contributed by atoms with E-state index in [9.17, 15) is 9.59 Å².